The highest BCUT2D eigenvalue weighted by atomic mass is 35.5. The van der Waals surface area contributed by atoms with Gasteiger partial charge in [0.1, 0.15) is 11.4 Å². The number of pyridine rings is 1. The van der Waals surface area contributed by atoms with Crippen LogP contribution in [0.5, 0.6) is 0 Å². The minimum Gasteiger partial charge on any atom is -0.348 e. The Labute approximate surface area is 148 Å². The lowest BCUT2D eigenvalue weighted by Gasteiger charge is -2.07. The van der Waals surface area contributed by atoms with E-state index in [1.807, 2.05) is 0 Å². The van der Waals surface area contributed by atoms with Crippen molar-refractivity contribution in [2.24, 2.45) is 0 Å². The van der Waals surface area contributed by atoms with E-state index in [9.17, 15) is 14.0 Å². The molecule has 0 aliphatic rings. The fourth-order valence-electron chi connectivity index (χ4n) is 2.33. The SMILES string of the molecule is O=C(NCc1ccc(Cl)cc1)c1ccc(-c2ccc(F)cc2)[nH]c1=O. The summed E-state index contributed by atoms with van der Waals surface area (Å²) in [6.45, 7) is 0.287. The fourth-order valence-corrected chi connectivity index (χ4v) is 2.46. The molecule has 126 valence electrons. The molecule has 1 heterocycles. The summed E-state index contributed by atoms with van der Waals surface area (Å²) in [5.41, 5.74) is 1.55. The Morgan fingerprint density at radius 2 is 1.68 bits per heavy atom. The molecular weight excluding hydrogens is 343 g/mol. The van der Waals surface area contributed by atoms with Crippen molar-refractivity contribution in [3.63, 3.8) is 0 Å². The van der Waals surface area contributed by atoms with E-state index in [1.54, 1.807) is 42.5 Å². The van der Waals surface area contributed by atoms with Crippen LogP contribution in [-0.4, -0.2) is 10.9 Å². The Bertz CT molecular complexity index is 950. The van der Waals surface area contributed by atoms with Crippen LogP contribution in [0.15, 0.2) is 65.5 Å². The maximum Gasteiger partial charge on any atom is 0.261 e. The zero-order valence-electron chi connectivity index (χ0n) is 13.1. The van der Waals surface area contributed by atoms with E-state index in [2.05, 4.69) is 10.3 Å². The molecule has 6 heteroatoms. The first-order valence-electron chi connectivity index (χ1n) is 7.55. The lowest BCUT2D eigenvalue weighted by molar-refractivity contribution is 0.0949. The molecule has 0 fully saturated rings. The van der Waals surface area contributed by atoms with Crippen LogP contribution in [0.1, 0.15) is 15.9 Å². The van der Waals surface area contributed by atoms with Gasteiger partial charge in [-0.05, 0) is 59.7 Å². The Hall–Kier alpha value is -2.92. The van der Waals surface area contributed by atoms with Crippen molar-refractivity contribution >= 4 is 17.5 Å². The number of aromatic nitrogens is 1. The molecule has 2 N–H and O–H groups in total. The van der Waals surface area contributed by atoms with Crippen molar-refractivity contribution in [3.8, 4) is 11.3 Å². The summed E-state index contributed by atoms with van der Waals surface area (Å²) in [6, 6.07) is 15.8. The molecule has 0 aliphatic heterocycles. The van der Waals surface area contributed by atoms with Gasteiger partial charge in [-0.3, -0.25) is 9.59 Å². The van der Waals surface area contributed by atoms with Gasteiger partial charge in [0, 0.05) is 17.3 Å². The maximum absolute atomic E-state index is 13.0. The van der Waals surface area contributed by atoms with Gasteiger partial charge in [0.15, 0.2) is 0 Å². The number of amides is 1. The topological polar surface area (TPSA) is 62.0 Å². The molecule has 0 atom stereocenters. The van der Waals surface area contributed by atoms with Gasteiger partial charge in [-0.1, -0.05) is 23.7 Å². The number of halogens is 2. The van der Waals surface area contributed by atoms with Crippen LogP contribution < -0.4 is 10.9 Å². The molecule has 3 aromatic rings. The number of rotatable bonds is 4. The number of benzene rings is 2. The molecule has 0 saturated carbocycles. The molecule has 0 radical (unpaired) electrons. The average molecular weight is 357 g/mol. The van der Waals surface area contributed by atoms with Gasteiger partial charge in [-0.25, -0.2) is 4.39 Å². The summed E-state index contributed by atoms with van der Waals surface area (Å²) in [6.07, 6.45) is 0. The normalized spacial score (nSPS) is 10.5. The average Bonchev–Trinajstić information content (AvgIpc) is 2.61. The highest BCUT2D eigenvalue weighted by Gasteiger charge is 2.11. The standard InChI is InChI=1S/C19H14ClFN2O2/c20-14-5-1-12(2-6-14)11-22-18(24)16-9-10-17(23-19(16)25)13-3-7-15(21)8-4-13/h1-10H,11H2,(H,22,24)(H,23,25). The predicted octanol–water partition coefficient (Wildman–Crippen LogP) is 3.76. The van der Waals surface area contributed by atoms with Crippen molar-refractivity contribution in [1.82, 2.24) is 10.3 Å². The van der Waals surface area contributed by atoms with Crippen LogP contribution in [0.25, 0.3) is 11.3 Å². The summed E-state index contributed by atoms with van der Waals surface area (Å²) in [4.78, 5) is 27.0. The second kappa shape index (κ2) is 7.32. The zero-order chi connectivity index (χ0) is 17.8. The highest BCUT2D eigenvalue weighted by molar-refractivity contribution is 6.30. The van der Waals surface area contributed by atoms with Crippen LogP contribution in [0.3, 0.4) is 0 Å². The molecule has 0 bridgehead atoms. The highest BCUT2D eigenvalue weighted by Crippen LogP contribution is 2.16. The molecule has 1 aromatic heterocycles. The Balaban J connectivity index is 1.73. The van der Waals surface area contributed by atoms with Crippen molar-refractivity contribution in [1.29, 1.82) is 0 Å². The van der Waals surface area contributed by atoms with Crippen molar-refractivity contribution in [2.75, 3.05) is 0 Å². The largest absolute Gasteiger partial charge is 0.348 e. The molecule has 4 nitrogen and oxygen atoms in total. The van der Waals surface area contributed by atoms with Gasteiger partial charge in [-0.15, -0.1) is 0 Å². The molecule has 2 aromatic carbocycles. The predicted molar refractivity (Wildman–Crippen MR) is 95.1 cm³/mol. The molecule has 0 unspecified atom stereocenters. The summed E-state index contributed by atoms with van der Waals surface area (Å²) < 4.78 is 13.0. The molecule has 0 spiro atoms. The van der Waals surface area contributed by atoms with Gasteiger partial charge in [-0.2, -0.15) is 0 Å². The number of carbonyl (C=O) groups excluding carboxylic acids is 1. The van der Waals surface area contributed by atoms with E-state index in [0.717, 1.165) is 5.56 Å². The molecule has 1 amide bonds. The second-order valence-electron chi connectivity index (χ2n) is 5.43. The van der Waals surface area contributed by atoms with Crippen LogP contribution in [-0.2, 0) is 6.54 Å². The third kappa shape index (κ3) is 4.14. The first-order valence-corrected chi connectivity index (χ1v) is 7.92. The third-order valence-corrected chi connectivity index (χ3v) is 3.93. The summed E-state index contributed by atoms with van der Waals surface area (Å²) >= 11 is 5.81. The number of carbonyl (C=O) groups is 1. The summed E-state index contributed by atoms with van der Waals surface area (Å²) in [5.74, 6) is -0.828. The van der Waals surface area contributed by atoms with Crippen LogP contribution in [0, 0.1) is 5.82 Å². The van der Waals surface area contributed by atoms with E-state index in [-0.39, 0.29) is 17.9 Å². The van der Waals surface area contributed by atoms with E-state index in [0.29, 0.717) is 16.3 Å². The fraction of sp³-hybridized carbons (Fsp3) is 0.0526. The van der Waals surface area contributed by atoms with Crippen molar-refractivity contribution in [2.45, 2.75) is 6.54 Å². The van der Waals surface area contributed by atoms with Crippen molar-refractivity contribution < 1.29 is 9.18 Å². The van der Waals surface area contributed by atoms with E-state index in [1.165, 1.54) is 18.2 Å². The van der Waals surface area contributed by atoms with Gasteiger partial charge in [0.25, 0.3) is 11.5 Å². The zero-order valence-corrected chi connectivity index (χ0v) is 13.8. The van der Waals surface area contributed by atoms with Crippen LogP contribution >= 0.6 is 11.6 Å². The second-order valence-corrected chi connectivity index (χ2v) is 5.87. The quantitative estimate of drug-likeness (QED) is 0.747. The lowest BCUT2D eigenvalue weighted by atomic mass is 10.1. The minimum atomic E-state index is -0.504. The van der Waals surface area contributed by atoms with E-state index >= 15 is 0 Å². The van der Waals surface area contributed by atoms with Crippen LogP contribution in [0.4, 0.5) is 4.39 Å². The number of hydrogen-bond donors (Lipinski definition) is 2. The maximum atomic E-state index is 13.0. The Morgan fingerprint density at radius 3 is 2.32 bits per heavy atom. The van der Waals surface area contributed by atoms with Gasteiger partial charge in [0.2, 0.25) is 0 Å². The molecular formula is C19H14ClFN2O2. The molecule has 25 heavy (non-hydrogen) atoms. The smallest absolute Gasteiger partial charge is 0.261 e. The summed E-state index contributed by atoms with van der Waals surface area (Å²) in [5, 5.41) is 3.30. The van der Waals surface area contributed by atoms with Gasteiger partial charge < -0.3 is 10.3 Å². The number of aromatic amines is 1. The van der Waals surface area contributed by atoms with Crippen molar-refractivity contribution in [3.05, 3.63) is 93.0 Å². The minimum absolute atomic E-state index is 0.0137. The Kier molecular flexibility index (Phi) is 4.95. The molecule has 3 rings (SSSR count). The first kappa shape index (κ1) is 16.9. The van der Waals surface area contributed by atoms with Crippen LogP contribution in [0.2, 0.25) is 5.02 Å². The number of nitrogens with one attached hydrogen (secondary N) is 2. The number of hydrogen-bond acceptors (Lipinski definition) is 2. The van der Waals surface area contributed by atoms with Gasteiger partial charge >= 0.3 is 0 Å². The van der Waals surface area contributed by atoms with E-state index in [4.69, 9.17) is 11.6 Å². The first-order chi connectivity index (χ1) is 12.0. The van der Waals surface area contributed by atoms with Gasteiger partial charge in [0.05, 0.1) is 0 Å². The molecule has 0 aliphatic carbocycles. The van der Waals surface area contributed by atoms with E-state index < -0.39 is 11.5 Å². The third-order valence-electron chi connectivity index (χ3n) is 3.68. The Morgan fingerprint density at radius 1 is 1.00 bits per heavy atom. The lowest BCUT2D eigenvalue weighted by Crippen LogP contribution is -2.29. The monoisotopic (exact) mass is 356 g/mol. The summed E-state index contributed by atoms with van der Waals surface area (Å²) in [7, 11) is 0. The molecule has 0 saturated heterocycles. The number of H-pyrrole nitrogens is 1.